The van der Waals surface area contributed by atoms with E-state index in [0.29, 0.717) is 41.7 Å². The number of benzene rings is 3. The van der Waals surface area contributed by atoms with Crippen LogP contribution in [-0.4, -0.2) is 10.1 Å². The highest BCUT2D eigenvalue weighted by Gasteiger charge is 2.23. The lowest BCUT2D eigenvalue weighted by atomic mass is 10.1. The molecule has 0 saturated carbocycles. The normalized spacial score (nSPS) is 11.7. The molecule has 0 amide bonds. The predicted molar refractivity (Wildman–Crippen MR) is 131 cm³/mol. The van der Waals surface area contributed by atoms with E-state index in [2.05, 4.69) is 4.98 Å². The fourth-order valence-corrected chi connectivity index (χ4v) is 3.64. The maximum atomic E-state index is 10.8. The third kappa shape index (κ3) is 6.01. The van der Waals surface area contributed by atoms with Gasteiger partial charge in [0, 0.05) is 5.56 Å². The van der Waals surface area contributed by atoms with Gasteiger partial charge in [-0.3, -0.25) is 0 Å². The Balaban J connectivity index is 1.59. The van der Waals surface area contributed by atoms with Crippen molar-refractivity contribution in [3.8, 4) is 11.5 Å². The largest absolute Gasteiger partial charge is 0.485 e. The molecule has 174 valence electrons. The Morgan fingerprint density at radius 1 is 0.647 bits per heavy atom. The summed E-state index contributed by atoms with van der Waals surface area (Å²) in [6.45, 7) is 4.74. The summed E-state index contributed by atoms with van der Waals surface area (Å²) in [6, 6.07) is 29.6. The van der Waals surface area contributed by atoms with Crippen LogP contribution in [0.25, 0.3) is 0 Å². The van der Waals surface area contributed by atoms with Gasteiger partial charge in [0.2, 0.25) is 0 Å². The van der Waals surface area contributed by atoms with E-state index in [4.69, 9.17) is 14.2 Å². The Labute approximate surface area is 200 Å². The van der Waals surface area contributed by atoms with E-state index in [1.807, 2.05) is 105 Å². The van der Waals surface area contributed by atoms with Crippen LogP contribution < -0.4 is 9.47 Å². The first-order valence-electron chi connectivity index (χ1n) is 11.3. The van der Waals surface area contributed by atoms with E-state index in [1.165, 1.54) is 0 Å². The average molecular weight is 456 g/mol. The van der Waals surface area contributed by atoms with Gasteiger partial charge in [0.15, 0.2) is 17.8 Å². The minimum atomic E-state index is -1.19. The molecule has 1 aromatic heterocycles. The first-order valence-corrected chi connectivity index (χ1v) is 11.3. The molecular formula is C29H29NO4. The minimum absolute atomic E-state index is 0.272. The number of rotatable bonds is 10. The molecular weight excluding hydrogens is 426 g/mol. The second kappa shape index (κ2) is 11.5. The molecule has 0 saturated heterocycles. The standard InChI is InChI=1S/C29H29NO4/c1-21-26(29(31)34-20-25-16-10-5-11-17-25)30-22(2)28(33-19-24-14-8-4-9-15-24)27(21)32-18-23-12-6-3-7-13-23/h3-17,29,31H,18-20H2,1-2H3. The summed E-state index contributed by atoms with van der Waals surface area (Å²) in [5.41, 5.74) is 4.78. The van der Waals surface area contributed by atoms with Crippen molar-refractivity contribution in [3.63, 3.8) is 0 Å². The highest BCUT2D eigenvalue weighted by Crippen LogP contribution is 2.38. The van der Waals surface area contributed by atoms with E-state index < -0.39 is 6.29 Å². The summed E-state index contributed by atoms with van der Waals surface area (Å²) in [4.78, 5) is 4.63. The lowest BCUT2D eigenvalue weighted by Crippen LogP contribution is -2.12. The molecule has 4 rings (SSSR count). The zero-order valence-electron chi connectivity index (χ0n) is 19.5. The third-order valence-corrected chi connectivity index (χ3v) is 5.48. The molecule has 0 aliphatic rings. The fourth-order valence-electron chi connectivity index (χ4n) is 3.64. The van der Waals surface area contributed by atoms with Crippen molar-refractivity contribution < 1.29 is 19.3 Å². The summed E-state index contributed by atoms with van der Waals surface area (Å²) in [5, 5.41) is 10.8. The molecule has 0 bridgehead atoms. The molecule has 1 atom stereocenters. The maximum absolute atomic E-state index is 10.8. The lowest BCUT2D eigenvalue weighted by Gasteiger charge is -2.21. The molecule has 0 aliphatic carbocycles. The van der Waals surface area contributed by atoms with Crippen LogP contribution in [0.1, 0.15) is 39.9 Å². The van der Waals surface area contributed by atoms with E-state index >= 15 is 0 Å². The number of hydrogen-bond acceptors (Lipinski definition) is 5. The first kappa shape index (κ1) is 23.5. The van der Waals surface area contributed by atoms with Gasteiger partial charge in [-0.1, -0.05) is 91.0 Å². The predicted octanol–water partition coefficient (Wildman–Crippen LogP) is 6.06. The summed E-state index contributed by atoms with van der Waals surface area (Å²) in [7, 11) is 0. The Hall–Kier alpha value is -3.67. The van der Waals surface area contributed by atoms with Crippen molar-refractivity contribution in [2.75, 3.05) is 0 Å². The Bertz CT molecular complexity index is 1180. The molecule has 1 unspecified atom stereocenters. The van der Waals surface area contributed by atoms with Crippen molar-refractivity contribution in [2.45, 2.75) is 40.0 Å². The van der Waals surface area contributed by atoms with Gasteiger partial charge in [-0.15, -0.1) is 0 Å². The number of aliphatic hydroxyl groups is 1. The summed E-state index contributed by atoms with van der Waals surface area (Å²) in [6.07, 6.45) is -1.19. The molecule has 3 aromatic carbocycles. The smallest absolute Gasteiger partial charge is 0.199 e. The van der Waals surface area contributed by atoms with Crippen LogP contribution in [0.5, 0.6) is 11.5 Å². The quantitative estimate of drug-likeness (QED) is 0.294. The van der Waals surface area contributed by atoms with Crippen molar-refractivity contribution in [1.29, 1.82) is 0 Å². The second-order valence-electron chi connectivity index (χ2n) is 8.06. The molecule has 5 nitrogen and oxygen atoms in total. The summed E-state index contributed by atoms with van der Waals surface area (Å²) >= 11 is 0. The maximum Gasteiger partial charge on any atom is 0.199 e. The summed E-state index contributed by atoms with van der Waals surface area (Å²) < 4.78 is 18.2. The molecule has 5 heteroatoms. The fraction of sp³-hybridized carbons (Fsp3) is 0.207. The van der Waals surface area contributed by atoms with Crippen LogP contribution in [0.2, 0.25) is 0 Å². The number of ether oxygens (including phenoxy) is 3. The third-order valence-electron chi connectivity index (χ3n) is 5.48. The number of hydrogen-bond donors (Lipinski definition) is 1. The Morgan fingerprint density at radius 2 is 1.09 bits per heavy atom. The van der Waals surface area contributed by atoms with E-state index in [0.717, 1.165) is 16.7 Å². The highest BCUT2D eigenvalue weighted by molar-refractivity contribution is 5.51. The van der Waals surface area contributed by atoms with Crippen molar-refractivity contribution in [3.05, 3.63) is 125 Å². The first-order chi connectivity index (χ1) is 16.6. The van der Waals surface area contributed by atoms with E-state index in [-0.39, 0.29) is 6.61 Å². The van der Waals surface area contributed by atoms with E-state index in [9.17, 15) is 5.11 Å². The number of aliphatic hydroxyl groups excluding tert-OH is 1. The number of nitrogens with zero attached hydrogens (tertiary/aromatic N) is 1. The highest BCUT2D eigenvalue weighted by atomic mass is 16.6. The summed E-state index contributed by atoms with van der Waals surface area (Å²) in [5.74, 6) is 1.13. The van der Waals surface area contributed by atoms with Gasteiger partial charge in [0.25, 0.3) is 0 Å². The van der Waals surface area contributed by atoms with E-state index in [1.54, 1.807) is 0 Å². The molecule has 1 N–H and O–H groups in total. The number of aryl methyl sites for hydroxylation is 1. The van der Waals surface area contributed by atoms with Crippen LogP contribution in [-0.2, 0) is 24.6 Å². The molecule has 34 heavy (non-hydrogen) atoms. The second-order valence-corrected chi connectivity index (χ2v) is 8.06. The monoisotopic (exact) mass is 455 g/mol. The van der Waals surface area contributed by atoms with Gasteiger partial charge in [0.1, 0.15) is 18.9 Å². The van der Waals surface area contributed by atoms with Crippen molar-refractivity contribution in [1.82, 2.24) is 4.98 Å². The Kier molecular flexibility index (Phi) is 7.91. The average Bonchev–Trinajstić information content (AvgIpc) is 2.88. The minimum Gasteiger partial charge on any atom is -0.485 e. The van der Waals surface area contributed by atoms with Crippen LogP contribution >= 0.6 is 0 Å². The number of aromatic nitrogens is 1. The van der Waals surface area contributed by atoms with Gasteiger partial charge in [-0.2, -0.15) is 0 Å². The SMILES string of the molecule is Cc1nc(C(O)OCc2ccccc2)c(C)c(OCc2ccccc2)c1OCc1ccccc1. The molecule has 0 radical (unpaired) electrons. The van der Waals surface area contributed by atoms with Crippen LogP contribution in [0.15, 0.2) is 91.0 Å². The molecule has 1 heterocycles. The van der Waals surface area contributed by atoms with Gasteiger partial charge < -0.3 is 19.3 Å². The van der Waals surface area contributed by atoms with Crippen molar-refractivity contribution >= 4 is 0 Å². The molecule has 0 fully saturated rings. The van der Waals surface area contributed by atoms with Crippen molar-refractivity contribution in [2.24, 2.45) is 0 Å². The van der Waals surface area contributed by atoms with Crippen LogP contribution in [0, 0.1) is 13.8 Å². The zero-order chi connectivity index (χ0) is 23.8. The van der Waals surface area contributed by atoms with Gasteiger partial charge in [-0.25, -0.2) is 4.98 Å². The van der Waals surface area contributed by atoms with Gasteiger partial charge in [-0.05, 0) is 30.5 Å². The molecule has 0 aliphatic heterocycles. The number of pyridine rings is 1. The lowest BCUT2D eigenvalue weighted by molar-refractivity contribution is -0.115. The topological polar surface area (TPSA) is 60.8 Å². The Morgan fingerprint density at radius 3 is 1.59 bits per heavy atom. The zero-order valence-corrected chi connectivity index (χ0v) is 19.5. The molecule has 4 aromatic rings. The van der Waals surface area contributed by atoms with Gasteiger partial charge >= 0.3 is 0 Å². The van der Waals surface area contributed by atoms with Crippen LogP contribution in [0.4, 0.5) is 0 Å². The van der Waals surface area contributed by atoms with Crippen LogP contribution in [0.3, 0.4) is 0 Å². The van der Waals surface area contributed by atoms with Gasteiger partial charge in [0.05, 0.1) is 12.3 Å². The molecule has 0 spiro atoms.